The zero-order chi connectivity index (χ0) is 37.9. The lowest BCUT2D eigenvalue weighted by Crippen LogP contribution is -2.57. The maximum atomic E-state index is 17.4. The number of benzene rings is 3. The number of hydrogen-bond acceptors (Lipinski definition) is 8. The van der Waals surface area contributed by atoms with Crippen LogP contribution in [-0.2, 0) is 22.3 Å². The van der Waals surface area contributed by atoms with Crippen LogP contribution in [0.2, 0.25) is 0 Å². The number of alkyl halides is 1. The second-order valence-electron chi connectivity index (χ2n) is 16.6. The summed E-state index contributed by atoms with van der Waals surface area (Å²) in [6, 6.07) is 10.4. The highest BCUT2D eigenvalue weighted by Gasteiger charge is 2.48. The first-order chi connectivity index (χ1) is 25.9. The second kappa shape index (κ2) is 14.2. The van der Waals surface area contributed by atoms with E-state index in [1.165, 1.54) is 13.2 Å². The molecule has 0 spiro atoms. The first-order valence-corrected chi connectivity index (χ1v) is 19.4. The number of fused-ring (bicyclic) bond motifs is 5. The van der Waals surface area contributed by atoms with Crippen molar-refractivity contribution in [1.82, 2.24) is 19.8 Å². The van der Waals surface area contributed by atoms with Gasteiger partial charge in [0.05, 0.1) is 17.6 Å². The van der Waals surface area contributed by atoms with Gasteiger partial charge in [-0.05, 0) is 112 Å². The monoisotopic (exact) mass is 745 g/mol. The van der Waals surface area contributed by atoms with E-state index >= 15 is 8.78 Å². The molecule has 4 atom stereocenters. The average molecular weight is 746 g/mol. The lowest BCUT2D eigenvalue weighted by molar-refractivity contribution is 0.0123. The molecule has 1 aromatic heterocycles. The van der Waals surface area contributed by atoms with Crippen LogP contribution in [0, 0.1) is 11.6 Å². The van der Waals surface area contributed by atoms with Crippen LogP contribution in [0.5, 0.6) is 5.75 Å². The molecule has 2 unspecified atom stereocenters. The van der Waals surface area contributed by atoms with E-state index in [0.717, 1.165) is 48.6 Å². The molecule has 1 amide bonds. The molecule has 0 N–H and O–H groups in total. The van der Waals surface area contributed by atoms with Crippen molar-refractivity contribution in [2.45, 2.75) is 108 Å². The molecule has 4 saturated heterocycles. The van der Waals surface area contributed by atoms with Crippen LogP contribution in [0.25, 0.3) is 32.8 Å². The summed E-state index contributed by atoms with van der Waals surface area (Å²) in [7, 11) is 1.52. The molecule has 2 bridgehead atoms. The minimum Gasteiger partial charge on any atom is -0.468 e. The first kappa shape index (κ1) is 36.8. The van der Waals surface area contributed by atoms with Gasteiger partial charge in [0.15, 0.2) is 12.6 Å². The molecule has 0 saturated carbocycles. The Morgan fingerprint density at radius 3 is 2.56 bits per heavy atom. The smallest absolute Gasteiger partial charge is 0.410 e. The molecule has 3 aromatic carbocycles. The van der Waals surface area contributed by atoms with Crippen LogP contribution in [0.4, 0.5) is 23.8 Å². The Morgan fingerprint density at radius 1 is 1.06 bits per heavy atom. The minimum atomic E-state index is -0.871. The predicted molar refractivity (Wildman–Crippen MR) is 203 cm³/mol. The van der Waals surface area contributed by atoms with Crippen LogP contribution in [0.3, 0.4) is 0 Å². The number of anilines is 1. The van der Waals surface area contributed by atoms with Crippen molar-refractivity contribution >= 4 is 33.6 Å². The van der Waals surface area contributed by atoms with Crippen molar-refractivity contribution in [3.8, 4) is 16.9 Å². The molecule has 9 nitrogen and oxygen atoms in total. The Morgan fingerprint density at radius 2 is 1.83 bits per heavy atom. The molecule has 54 heavy (non-hydrogen) atoms. The molecule has 4 aromatic rings. The topological polar surface area (TPSA) is 80.3 Å². The van der Waals surface area contributed by atoms with E-state index < -0.39 is 23.4 Å². The largest absolute Gasteiger partial charge is 0.468 e. The molecule has 8 rings (SSSR count). The summed E-state index contributed by atoms with van der Waals surface area (Å²) >= 11 is 0. The predicted octanol–water partition coefficient (Wildman–Crippen LogP) is 8.37. The van der Waals surface area contributed by atoms with Gasteiger partial charge in [0.2, 0.25) is 0 Å². The van der Waals surface area contributed by atoms with Crippen LogP contribution < -0.4 is 9.64 Å². The van der Waals surface area contributed by atoms with Gasteiger partial charge < -0.3 is 19.1 Å². The normalized spacial score (nSPS) is 24.2. The number of halogens is 3. The van der Waals surface area contributed by atoms with Gasteiger partial charge in [-0.3, -0.25) is 9.80 Å². The van der Waals surface area contributed by atoms with Crippen LogP contribution in [0.15, 0.2) is 36.4 Å². The molecule has 4 fully saturated rings. The fourth-order valence-electron chi connectivity index (χ4n) is 9.65. The van der Waals surface area contributed by atoms with Crippen LogP contribution >= 0.6 is 0 Å². The van der Waals surface area contributed by atoms with Gasteiger partial charge >= 0.3 is 6.09 Å². The molecular weight excluding hydrogens is 695 g/mol. The quantitative estimate of drug-likeness (QED) is 0.158. The summed E-state index contributed by atoms with van der Waals surface area (Å²) in [4.78, 5) is 29.4. The summed E-state index contributed by atoms with van der Waals surface area (Å²) in [5, 5.41) is 1.82. The van der Waals surface area contributed by atoms with E-state index in [-0.39, 0.29) is 47.0 Å². The molecule has 0 aliphatic carbocycles. The maximum absolute atomic E-state index is 17.4. The lowest BCUT2D eigenvalue weighted by atomic mass is 9.88. The van der Waals surface area contributed by atoms with Gasteiger partial charge in [0, 0.05) is 44.1 Å². The van der Waals surface area contributed by atoms with Crippen molar-refractivity contribution in [1.29, 1.82) is 0 Å². The number of carbonyl (C=O) groups excluding carboxylic acids is 1. The number of ether oxygens (including phenoxy) is 3. The summed E-state index contributed by atoms with van der Waals surface area (Å²) in [6.07, 6.45) is 4.49. The molecule has 5 heterocycles. The number of hydrogen-bond donors (Lipinski definition) is 0. The molecule has 12 heteroatoms. The molecule has 288 valence electrons. The van der Waals surface area contributed by atoms with E-state index in [2.05, 4.69) is 9.80 Å². The molecule has 4 aliphatic rings. The summed E-state index contributed by atoms with van der Waals surface area (Å²) in [5.41, 5.74) is 0.282. The highest BCUT2D eigenvalue weighted by molar-refractivity contribution is 6.03. The van der Waals surface area contributed by atoms with Crippen molar-refractivity contribution < 1.29 is 32.2 Å². The SMILES string of the molecule is CCc1cccc2cc(OCOC)cc(-c3c(F)cc4c(N5CC6CCC(C5)N6C(=O)OC(C)(C)C)nc(CC[C@@]56CCCN5C[C@H](F)C6)nc4c3F)c12. The average Bonchev–Trinajstić information content (AvgIpc) is 3.75. The Labute approximate surface area is 314 Å². The molecule has 0 radical (unpaired) electrons. The number of carbonyl (C=O) groups is 1. The number of aryl methyl sites for hydroxylation is 2. The standard InChI is InChI=1S/C42H50F3N5O4/c1-6-25-9-7-10-26-17-30(53-24-52-5)18-31(35(25)26)36-33(44)19-32-38(37(36)45)46-34(13-15-42-14-8-16-49(42)21-27(43)20-42)47-39(32)48-22-28-11-12-29(23-48)50(28)40(51)54-41(2,3)4/h7,9-10,17-19,27-29H,6,8,11-16,20-24H2,1-5H3/t27-,28?,29?,42-/m1/s1. The van der Waals surface area contributed by atoms with Crippen molar-refractivity contribution in [2.75, 3.05) is 45.0 Å². The Kier molecular flexibility index (Phi) is 9.65. The number of methoxy groups -OCH3 is 1. The fourth-order valence-corrected chi connectivity index (χ4v) is 9.65. The van der Waals surface area contributed by atoms with E-state index in [4.69, 9.17) is 24.2 Å². The van der Waals surface area contributed by atoms with Gasteiger partial charge in [0.1, 0.15) is 40.5 Å². The van der Waals surface area contributed by atoms with Gasteiger partial charge in [0.25, 0.3) is 0 Å². The second-order valence-corrected chi connectivity index (χ2v) is 16.6. The first-order valence-electron chi connectivity index (χ1n) is 19.4. The van der Waals surface area contributed by atoms with Crippen molar-refractivity contribution in [2.24, 2.45) is 0 Å². The molecular formula is C42H50F3N5O4. The fraction of sp³-hybridized carbons (Fsp3) is 0.548. The van der Waals surface area contributed by atoms with E-state index in [1.807, 2.05) is 56.9 Å². The van der Waals surface area contributed by atoms with Crippen LogP contribution in [-0.4, -0.2) is 95.3 Å². The van der Waals surface area contributed by atoms with Gasteiger partial charge in [-0.15, -0.1) is 0 Å². The Bertz CT molecular complexity index is 2080. The summed E-state index contributed by atoms with van der Waals surface area (Å²) in [5.74, 6) is -0.184. The lowest BCUT2D eigenvalue weighted by Gasteiger charge is -2.42. The highest BCUT2D eigenvalue weighted by atomic mass is 19.1. The van der Waals surface area contributed by atoms with Crippen LogP contribution in [0.1, 0.15) is 77.6 Å². The van der Waals surface area contributed by atoms with Crippen molar-refractivity contribution in [3.63, 3.8) is 0 Å². The van der Waals surface area contributed by atoms with Gasteiger partial charge in [-0.2, -0.15) is 0 Å². The summed E-state index contributed by atoms with van der Waals surface area (Å²) < 4.78 is 65.7. The number of nitrogens with zero attached hydrogens (tertiary/aromatic N) is 5. The number of amides is 1. The minimum absolute atomic E-state index is 0.0215. The van der Waals surface area contributed by atoms with Crippen molar-refractivity contribution in [3.05, 3.63) is 59.4 Å². The van der Waals surface area contributed by atoms with E-state index in [9.17, 15) is 9.18 Å². The number of piperazine rings is 1. The van der Waals surface area contributed by atoms with E-state index in [0.29, 0.717) is 68.3 Å². The molecule has 4 aliphatic heterocycles. The Hall–Kier alpha value is -4.16. The van der Waals surface area contributed by atoms with Gasteiger partial charge in [-0.25, -0.2) is 27.9 Å². The van der Waals surface area contributed by atoms with Gasteiger partial charge in [-0.1, -0.05) is 25.1 Å². The third-order valence-electron chi connectivity index (χ3n) is 11.9. The third kappa shape index (κ3) is 6.63. The number of aromatic nitrogens is 2. The Balaban J connectivity index is 1.25. The third-order valence-corrected chi connectivity index (χ3v) is 11.9. The zero-order valence-corrected chi connectivity index (χ0v) is 31.9. The maximum Gasteiger partial charge on any atom is 0.410 e. The zero-order valence-electron chi connectivity index (χ0n) is 31.9. The highest BCUT2D eigenvalue weighted by Crippen LogP contribution is 2.45. The summed E-state index contributed by atoms with van der Waals surface area (Å²) in [6.45, 7) is 9.75. The number of rotatable bonds is 9. The van der Waals surface area contributed by atoms with E-state index in [1.54, 1.807) is 6.07 Å².